The second kappa shape index (κ2) is 10.8. The monoisotopic (exact) mass is 466 g/mol. The number of hydrogen-bond acceptors (Lipinski definition) is 7. The van der Waals surface area contributed by atoms with Crippen LogP contribution in [0.5, 0.6) is 0 Å². The Hall–Kier alpha value is -1.58. The van der Waals surface area contributed by atoms with Gasteiger partial charge in [0.15, 0.2) is 0 Å². The molecule has 8 nitrogen and oxygen atoms in total. The summed E-state index contributed by atoms with van der Waals surface area (Å²) in [6.07, 6.45) is 4.39. The van der Waals surface area contributed by atoms with Gasteiger partial charge in [0.1, 0.15) is 11.6 Å². The van der Waals surface area contributed by atoms with Crippen molar-refractivity contribution < 1.29 is 28.4 Å². The Morgan fingerprint density at radius 1 is 1.06 bits per heavy atom. The second-order valence-corrected chi connectivity index (χ2v) is 10.9. The molecule has 0 aromatic carbocycles. The van der Waals surface area contributed by atoms with Gasteiger partial charge in [0.05, 0.1) is 18.3 Å². The molecule has 0 aliphatic carbocycles. The van der Waals surface area contributed by atoms with Gasteiger partial charge in [-0.1, -0.05) is 25.8 Å². The molecule has 2 rings (SSSR count). The number of allylic oxidation sites excluding steroid dienone is 1. The summed E-state index contributed by atoms with van der Waals surface area (Å²) in [4.78, 5) is 29.0. The molecular formula is C24H43BN2O6. The number of carbonyl (C=O) groups excluding carboxylic acids is 2. The van der Waals surface area contributed by atoms with Gasteiger partial charge in [-0.15, -0.1) is 0 Å². The van der Waals surface area contributed by atoms with Crippen LogP contribution in [0.3, 0.4) is 0 Å². The molecule has 188 valence electrons. The molecular weight excluding hydrogens is 423 g/mol. The minimum atomic E-state index is -0.568. The van der Waals surface area contributed by atoms with Crippen molar-refractivity contribution >= 4 is 19.2 Å². The van der Waals surface area contributed by atoms with Crippen molar-refractivity contribution in [2.45, 2.75) is 97.5 Å². The Morgan fingerprint density at radius 2 is 1.61 bits per heavy atom. The summed E-state index contributed by atoms with van der Waals surface area (Å²) >= 11 is 0. The third-order valence-corrected chi connectivity index (χ3v) is 6.55. The lowest BCUT2D eigenvalue weighted by Crippen LogP contribution is -2.54. The molecule has 0 spiro atoms. The number of methoxy groups -OCH3 is 1. The van der Waals surface area contributed by atoms with Crippen molar-refractivity contribution in [3.63, 3.8) is 0 Å². The van der Waals surface area contributed by atoms with Crippen LogP contribution in [0, 0.1) is 0 Å². The molecule has 1 atom stereocenters. The zero-order valence-electron chi connectivity index (χ0n) is 22.0. The molecule has 33 heavy (non-hydrogen) atoms. The van der Waals surface area contributed by atoms with E-state index in [0.29, 0.717) is 26.2 Å². The normalized spacial score (nSPS) is 22.3. The predicted octanol–water partition coefficient (Wildman–Crippen LogP) is 3.83. The number of amides is 1. The smallest absolute Gasteiger partial charge is 0.468 e. The molecule has 0 bridgehead atoms. The van der Waals surface area contributed by atoms with Crippen molar-refractivity contribution in [3.05, 3.63) is 11.5 Å². The fourth-order valence-corrected chi connectivity index (χ4v) is 3.81. The summed E-state index contributed by atoms with van der Waals surface area (Å²) in [5.74, 6) is -0.328. The van der Waals surface area contributed by atoms with Crippen LogP contribution >= 0.6 is 0 Å². The fourth-order valence-electron chi connectivity index (χ4n) is 3.81. The van der Waals surface area contributed by atoms with Gasteiger partial charge in [-0.3, -0.25) is 9.69 Å². The predicted molar refractivity (Wildman–Crippen MR) is 129 cm³/mol. The Bertz CT molecular complexity index is 707. The molecule has 0 N–H and O–H groups in total. The van der Waals surface area contributed by atoms with Crippen LogP contribution in [0.25, 0.3) is 0 Å². The van der Waals surface area contributed by atoms with Crippen molar-refractivity contribution in [2.75, 3.05) is 33.3 Å². The minimum absolute atomic E-state index is 0.326. The molecule has 2 saturated heterocycles. The van der Waals surface area contributed by atoms with Gasteiger partial charge in [-0.25, -0.2) is 4.79 Å². The van der Waals surface area contributed by atoms with E-state index in [9.17, 15) is 9.59 Å². The second-order valence-electron chi connectivity index (χ2n) is 10.9. The van der Waals surface area contributed by atoms with E-state index in [1.165, 1.54) is 7.11 Å². The molecule has 9 heteroatoms. The molecule has 0 radical (unpaired) electrons. The lowest BCUT2D eigenvalue weighted by atomic mass is 9.74. The molecule has 2 fully saturated rings. The van der Waals surface area contributed by atoms with Gasteiger partial charge in [0.2, 0.25) is 0 Å². The Balaban J connectivity index is 2.20. The third kappa shape index (κ3) is 7.20. The fraction of sp³-hybridized carbons (Fsp3) is 0.833. The van der Waals surface area contributed by atoms with Gasteiger partial charge in [-0.2, -0.15) is 0 Å². The van der Waals surface area contributed by atoms with E-state index < -0.39 is 30.0 Å². The summed E-state index contributed by atoms with van der Waals surface area (Å²) in [6.45, 7) is 17.8. The van der Waals surface area contributed by atoms with Crippen molar-refractivity contribution in [1.82, 2.24) is 9.80 Å². The Morgan fingerprint density at radius 3 is 2.06 bits per heavy atom. The van der Waals surface area contributed by atoms with Gasteiger partial charge < -0.3 is 23.7 Å². The summed E-state index contributed by atoms with van der Waals surface area (Å²) in [5, 5.41) is 0. The number of carbonyl (C=O) groups is 2. The first kappa shape index (κ1) is 27.7. The molecule has 0 aromatic heterocycles. The minimum Gasteiger partial charge on any atom is -0.468 e. The average Bonchev–Trinajstić information content (AvgIpc) is 2.93. The molecule has 1 unspecified atom stereocenters. The number of hydrogen-bond donors (Lipinski definition) is 0. The van der Waals surface area contributed by atoms with E-state index in [2.05, 4.69) is 6.92 Å². The van der Waals surface area contributed by atoms with Crippen LogP contribution in [-0.4, -0.2) is 85.1 Å². The summed E-state index contributed by atoms with van der Waals surface area (Å²) in [5.41, 5.74) is -0.492. The van der Waals surface area contributed by atoms with E-state index in [4.69, 9.17) is 18.8 Å². The molecule has 2 aliphatic heterocycles. The highest BCUT2D eigenvalue weighted by Gasteiger charge is 2.52. The van der Waals surface area contributed by atoms with E-state index in [1.54, 1.807) is 4.90 Å². The maximum absolute atomic E-state index is 12.8. The van der Waals surface area contributed by atoms with Crippen molar-refractivity contribution in [2.24, 2.45) is 0 Å². The highest BCUT2D eigenvalue weighted by molar-refractivity contribution is 6.54. The van der Waals surface area contributed by atoms with Gasteiger partial charge in [-0.05, 0) is 60.4 Å². The lowest BCUT2D eigenvalue weighted by Gasteiger charge is -2.38. The molecule has 0 saturated carbocycles. The number of nitrogens with zero attached hydrogens (tertiary/aromatic N) is 2. The highest BCUT2D eigenvalue weighted by atomic mass is 16.7. The first-order valence-electron chi connectivity index (χ1n) is 12.1. The average molecular weight is 466 g/mol. The first-order chi connectivity index (χ1) is 15.2. The van der Waals surface area contributed by atoms with Crippen LogP contribution in [0.1, 0.15) is 74.7 Å². The number of ether oxygens (including phenoxy) is 2. The number of unbranched alkanes of at least 4 members (excludes halogenated alkanes) is 1. The Kier molecular flexibility index (Phi) is 9.04. The van der Waals surface area contributed by atoms with Crippen LogP contribution in [-0.2, 0) is 23.6 Å². The van der Waals surface area contributed by atoms with Crippen LogP contribution in [0.2, 0.25) is 0 Å². The van der Waals surface area contributed by atoms with E-state index in [1.807, 2.05) is 59.4 Å². The zero-order valence-corrected chi connectivity index (χ0v) is 22.0. The van der Waals surface area contributed by atoms with Gasteiger partial charge in [0.25, 0.3) is 0 Å². The summed E-state index contributed by atoms with van der Waals surface area (Å²) in [7, 11) is 0.900. The summed E-state index contributed by atoms with van der Waals surface area (Å²) < 4.78 is 23.2. The number of esters is 1. The van der Waals surface area contributed by atoms with Crippen LogP contribution < -0.4 is 0 Å². The van der Waals surface area contributed by atoms with Crippen LogP contribution in [0.4, 0.5) is 4.79 Å². The van der Waals surface area contributed by atoms with Gasteiger partial charge in [0, 0.05) is 26.2 Å². The van der Waals surface area contributed by atoms with E-state index in [0.717, 1.165) is 24.7 Å². The molecule has 1 amide bonds. The molecule has 2 heterocycles. The van der Waals surface area contributed by atoms with Crippen molar-refractivity contribution in [1.29, 1.82) is 0 Å². The van der Waals surface area contributed by atoms with Crippen molar-refractivity contribution in [3.8, 4) is 0 Å². The van der Waals surface area contributed by atoms with Crippen LogP contribution in [0.15, 0.2) is 11.5 Å². The third-order valence-electron chi connectivity index (χ3n) is 6.55. The topological polar surface area (TPSA) is 77.5 Å². The quantitative estimate of drug-likeness (QED) is 0.417. The maximum Gasteiger partial charge on any atom is 0.490 e. The number of rotatable bonds is 7. The first-order valence-corrected chi connectivity index (χ1v) is 12.1. The highest BCUT2D eigenvalue weighted by Crippen LogP contribution is 2.39. The largest absolute Gasteiger partial charge is 0.490 e. The molecule has 2 aliphatic rings. The number of piperazine rings is 1. The maximum atomic E-state index is 12.8. The Labute approximate surface area is 200 Å². The van der Waals surface area contributed by atoms with E-state index >= 15 is 0 Å². The van der Waals surface area contributed by atoms with E-state index in [-0.39, 0.29) is 12.1 Å². The van der Waals surface area contributed by atoms with Gasteiger partial charge >= 0.3 is 19.2 Å². The standard InChI is InChI=1S/C24H43BN2O6/c1-10-11-12-18(25-32-23(5,6)24(7,8)33-25)17-19(20(28)30-9)26-13-15-27(16-14-26)21(29)31-22(2,3)4/h17,19H,10-16H2,1-9H3/b18-17+. The summed E-state index contributed by atoms with van der Waals surface area (Å²) in [6, 6.07) is -0.568. The lowest BCUT2D eigenvalue weighted by molar-refractivity contribution is -0.145. The molecule has 0 aromatic rings. The SMILES string of the molecule is CCCC/C(=C\C(C(=O)OC)N1CCN(C(=O)OC(C)(C)C)CC1)B1OC(C)(C)C(C)(C)O1. The zero-order chi connectivity index (χ0) is 25.0.